The minimum absolute atomic E-state index is 0.00906. The maximum absolute atomic E-state index is 12.9. The highest BCUT2D eigenvalue weighted by atomic mass is 16.3. The first-order chi connectivity index (χ1) is 13.5. The summed E-state index contributed by atoms with van der Waals surface area (Å²) in [6.45, 7) is 4.12. The number of nitrogens with one attached hydrogen (secondary N) is 1. The zero-order valence-corrected chi connectivity index (χ0v) is 15.7. The minimum atomic E-state index is -0.228. The molecule has 0 fully saturated rings. The normalized spacial score (nSPS) is 10.9. The van der Waals surface area contributed by atoms with Gasteiger partial charge in [-0.25, -0.2) is 0 Å². The number of hydrogen-bond acceptors (Lipinski definition) is 3. The summed E-state index contributed by atoms with van der Waals surface area (Å²) in [5.74, 6) is -0.237. The second-order valence-corrected chi connectivity index (χ2v) is 6.86. The molecule has 2 heterocycles. The standard InChI is InChI=1S/C23H20N2O3/c1-15-3-5-17(6-4-15)14-25-20-11-12-28-22(20)13-21(25)23(27)24-19-9-7-18(8-10-19)16(2)26/h3-13H,14H2,1-2H3,(H,24,27). The molecule has 0 bridgehead atoms. The number of ketones is 1. The van der Waals surface area contributed by atoms with Crippen molar-refractivity contribution in [2.45, 2.75) is 20.4 Å². The fraction of sp³-hybridized carbons (Fsp3) is 0.130. The van der Waals surface area contributed by atoms with Crippen LogP contribution in [0.3, 0.4) is 0 Å². The van der Waals surface area contributed by atoms with Gasteiger partial charge in [0.15, 0.2) is 11.4 Å². The summed E-state index contributed by atoms with van der Waals surface area (Å²) in [4.78, 5) is 24.3. The van der Waals surface area contributed by atoms with Crippen molar-refractivity contribution in [3.63, 3.8) is 0 Å². The molecule has 1 N–H and O–H groups in total. The van der Waals surface area contributed by atoms with Crippen molar-refractivity contribution < 1.29 is 14.0 Å². The SMILES string of the molecule is CC(=O)c1ccc(NC(=O)c2cc3occc3n2Cc2ccc(C)cc2)cc1. The van der Waals surface area contributed by atoms with Gasteiger partial charge in [-0.1, -0.05) is 29.8 Å². The van der Waals surface area contributed by atoms with Gasteiger partial charge in [0.05, 0.1) is 11.8 Å². The molecule has 4 aromatic rings. The lowest BCUT2D eigenvalue weighted by Gasteiger charge is -2.11. The molecule has 0 aliphatic rings. The smallest absolute Gasteiger partial charge is 0.272 e. The van der Waals surface area contributed by atoms with E-state index in [9.17, 15) is 9.59 Å². The van der Waals surface area contributed by atoms with Gasteiger partial charge in [-0.05, 0) is 43.7 Å². The van der Waals surface area contributed by atoms with Crippen LogP contribution in [0.2, 0.25) is 0 Å². The van der Waals surface area contributed by atoms with Crippen LogP contribution in [0.1, 0.15) is 38.9 Å². The number of benzene rings is 2. The number of carbonyl (C=O) groups is 2. The average molecular weight is 372 g/mol. The largest absolute Gasteiger partial charge is 0.463 e. The molecule has 4 rings (SSSR count). The lowest BCUT2D eigenvalue weighted by atomic mass is 10.1. The number of aromatic nitrogens is 1. The maximum atomic E-state index is 12.9. The molecule has 0 aliphatic carbocycles. The molecular formula is C23H20N2O3. The number of aryl methyl sites for hydroxylation is 1. The van der Waals surface area contributed by atoms with Crippen molar-refractivity contribution in [3.8, 4) is 0 Å². The molecular weight excluding hydrogens is 352 g/mol. The van der Waals surface area contributed by atoms with Crippen LogP contribution in [0, 0.1) is 6.92 Å². The van der Waals surface area contributed by atoms with Crippen LogP contribution >= 0.6 is 0 Å². The van der Waals surface area contributed by atoms with Gasteiger partial charge >= 0.3 is 0 Å². The van der Waals surface area contributed by atoms with Crippen LogP contribution < -0.4 is 5.32 Å². The average Bonchev–Trinajstić information content (AvgIpc) is 3.26. The third-order valence-electron chi connectivity index (χ3n) is 4.77. The van der Waals surface area contributed by atoms with E-state index >= 15 is 0 Å². The highest BCUT2D eigenvalue weighted by Gasteiger charge is 2.18. The molecule has 0 atom stereocenters. The van der Waals surface area contributed by atoms with Crippen molar-refractivity contribution in [3.05, 3.63) is 89.3 Å². The Kier molecular flexibility index (Phi) is 4.57. The monoisotopic (exact) mass is 372 g/mol. The van der Waals surface area contributed by atoms with Crippen LogP contribution in [-0.2, 0) is 6.54 Å². The highest BCUT2D eigenvalue weighted by molar-refractivity contribution is 6.06. The van der Waals surface area contributed by atoms with E-state index in [1.807, 2.05) is 17.6 Å². The second-order valence-electron chi connectivity index (χ2n) is 6.86. The van der Waals surface area contributed by atoms with Crippen molar-refractivity contribution >= 4 is 28.5 Å². The summed E-state index contributed by atoms with van der Waals surface area (Å²) in [7, 11) is 0. The quantitative estimate of drug-likeness (QED) is 0.499. The van der Waals surface area contributed by atoms with Crippen molar-refractivity contribution in [1.82, 2.24) is 4.57 Å². The van der Waals surface area contributed by atoms with Crippen LogP contribution in [0.25, 0.3) is 11.1 Å². The number of nitrogens with zero attached hydrogens (tertiary/aromatic N) is 1. The maximum Gasteiger partial charge on any atom is 0.272 e. The molecule has 5 heteroatoms. The molecule has 0 saturated heterocycles. The van der Waals surface area contributed by atoms with E-state index in [0.29, 0.717) is 29.1 Å². The van der Waals surface area contributed by atoms with E-state index in [2.05, 4.69) is 29.6 Å². The molecule has 0 saturated carbocycles. The van der Waals surface area contributed by atoms with Gasteiger partial charge in [-0.15, -0.1) is 0 Å². The third kappa shape index (κ3) is 3.47. The van der Waals surface area contributed by atoms with Crippen LogP contribution in [0.5, 0.6) is 0 Å². The summed E-state index contributed by atoms with van der Waals surface area (Å²) in [6.07, 6.45) is 1.62. The van der Waals surface area contributed by atoms with Crippen LogP contribution in [0.15, 0.2) is 71.3 Å². The zero-order chi connectivity index (χ0) is 19.7. The second kappa shape index (κ2) is 7.19. The van der Waals surface area contributed by atoms with Gasteiger partial charge in [-0.3, -0.25) is 9.59 Å². The number of carbonyl (C=O) groups excluding carboxylic acids is 2. The summed E-state index contributed by atoms with van der Waals surface area (Å²) >= 11 is 0. The first kappa shape index (κ1) is 17.8. The van der Waals surface area contributed by atoms with Gasteiger partial charge in [0.2, 0.25) is 0 Å². The Labute approximate surface area is 162 Å². The first-order valence-corrected chi connectivity index (χ1v) is 9.06. The van der Waals surface area contributed by atoms with E-state index in [0.717, 1.165) is 11.1 Å². The fourth-order valence-corrected chi connectivity index (χ4v) is 3.20. The van der Waals surface area contributed by atoms with E-state index in [-0.39, 0.29) is 11.7 Å². The van der Waals surface area contributed by atoms with Crippen molar-refractivity contribution in [1.29, 1.82) is 0 Å². The van der Waals surface area contributed by atoms with Gasteiger partial charge < -0.3 is 14.3 Å². The molecule has 1 amide bonds. The van der Waals surface area contributed by atoms with E-state index in [1.54, 1.807) is 36.6 Å². The summed E-state index contributed by atoms with van der Waals surface area (Å²) in [6, 6.07) is 18.7. The summed E-state index contributed by atoms with van der Waals surface area (Å²) in [5.41, 5.74) is 5.60. The zero-order valence-electron chi connectivity index (χ0n) is 15.7. The Morgan fingerprint density at radius 1 is 1.00 bits per heavy atom. The van der Waals surface area contributed by atoms with E-state index in [4.69, 9.17) is 4.42 Å². The van der Waals surface area contributed by atoms with Gasteiger partial charge in [0.1, 0.15) is 5.69 Å². The highest BCUT2D eigenvalue weighted by Crippen LogP contribution is 2.24. The Morgan fingerprint density at radius 3 is 2.39 bits per heavy atom. The fourth-order valence-electron chi connectivity index (χ4n) is 3.20. The molecule has 0 radical (unpaired) electrons. The Morgan fingerprint density at radius 2 is 1.71 bits per heavy atom. The molecule has 0 spiro atoms. The number of rotatable bonds is 5. The molecule has 2 aromatic carbocycles. The lowest BCUT2D eigenvalue weighted by Crippen LogP contribution is -2.17. The first-order valence-electron chi connectivity index (χ1n) is 9.06. The van der Waals surface area contributed by atoms with Crippen LogP contribution in [0.4, 0.5) is 5.69 Å². The topological polar surface area (TPSA) is 64.2 Å². The third-order valence-corrected chi connectivity index (χ3v) is 4.77. The van der Waals surface area contributed by atoms with E-state index < -0.39 is 0 Å². The Bertz CT molecular complexity index is 1150. The van der Waals surface area contributed by atoms with Crippen molar-refractivity contribution in [2.24, 2.45) is 0 Å². The summed E-state index contributed by atoms with van der Waals surface area (Å²) in [5, 5.41) is 2.90. The molecule has 2 aromatic heterocycles. The number of anilines is 1. The van der Waals surface area contributed by atoms with Crippen molar-refractivity contribution in [2.75, 3.05) is 5.32 Å². The number of hydrogen-bond donors (Lipinski definition) is 1. The number of furan rings is 1. The molecule has 28 heavy (non-hydrogen) atoms. The Balaban J connectivity index is 1.63. The van der Waals surface area contributed by atoms with Gasteiger partial charge in [0, 0.05) is 29.9 Å². The Hall–Kier alpha value is -3.60. The van der Waals surface area contributed by atoms with Crippen LogP contribution in [-0.4, -0.2) is 16.3 Å². The number of fused-ring (bicyclic) bond motifs is 1. The molecule has 5 nitrogen and oxygen atoms in total. The predicted molar refractivity (Wildman–Crippen MR) is 109 cm³/mol. The van der Waals surface area contributed by atoms with Gasteiger partial charge in [0.25, 0.3) is 5.91 Å². The number of amides is 1. The van der Waals surface area contributed by atoms with E-state index in [1.165, 1.54) is 12.5 Å². The minimum Gasteiger partial charge on any atom is -0.463 e. The molecule has 0 aliphatic heterocycles. The molecule has 140 valence electrons. The molecule has 0 unspecified atom stereocenters. The predicted octanol–water partition coefficient (Wildman–Crippen LogP) is 5.05. The lowest BCUT2D eigenvalue weighted by molar-refractivity contribution is 0.101. The van der Waals surface area contributed by atoms with Gasteiger partial charge in [-0.2, -0.15) is 0 Å². The summed E-state index contributed by atoms with van der Waals surface area (Å²) < 4.78 is 7.45. The number of Topliss-reactive ketones (excluding diaryl/α,β-unsaturated/α-hetero) is 1.